The van der Waals surface area contributed by atoms with E-state index in [0.29, 0.717) is 0 Å². The molecule has 1 aliphatic carbocycles. The van der Waals surface area contributed by atoms with Gasteiger partial charge in [0.25, 0.3) is 0 Å². The van der Waals surface area contributed by atoms with Gasteiger partial charge >= 0.3 is 0 Å². The summed E-state index contributed by atoms with van der Waals surface area (Å²) in [6.45, 7) is 4.48. The predicted molar refractivity (Wildman–Crippen MR) is 50.6 cm³/mol. The highest BCUT2D eigenvalue weighted by Crippen LogP contribution is 2.27. The largest absolute Gasteiger partial charge is 0.0843 e. The van der Waals surface area contributed by atoms with Crippen molar-refractivity contribution in [2.45, 2.75) is 46.0 Å². The summed E-state index contributed by atoms with van der Waals surface area (Å²) in [5, 5.41) is 0. The third kappa shape index (κ3) is 2.53. The molecule has 0 aliphatic heterocycles. The lowest BCUT2D eigenvalue weighted by molar-refractivity contribution is 0.802. The molecule has 11 heavy (non-hydrogen) atoms. The van der Waals surface area contributed by atoms with Crippen molar-refractivity contribution in [3.8, 4) is 0 Å². The summed E-state index contributed by atoms with van der Waals surface area (Å²) < 4.78 is 0. The van der Waals surface area contributed by atoms with Crippen LogP contribution in [0, 0.1) is 0 Å². The third-order valence-corrected chi connectivity index (χ3v) is 2.36. The van der Waals surface area contributed by atoms with Crippen molar-refractivity contribution in [2.75, 3.05) is 0 Å². The van der Waals surface area contributed by atoms with E-state index in [1.54, 1.807) is 11.1 Å². The Kier molecular flexibility index (Phi) is 3.41. The molecule has 0 spiro atoms. The van der Waals surface area contributed by atoms with Crippen LogP contribution < -0.4 is 0 Å². The fourth-order valence-corrected chi connectivity index (χ4v) is 1.29. The quantitative estimate of drug-likeness (QED) is 0.534. The first-order valence-corrected chi connectivity index (χ1v) is 4.69. The van der Waals surface area contributed by atoms with E-state index in [9.17, 15) is 0 Å². The van der Waals surface area contributed by atoms with Crippen LogP contribution in [0.4, 0.5) is 0 Å². The Morgan fingerprint density at radius 1 is 1.36 bits per heavy atom. The predicted octanol–water partition coefficient (Wildman–Crippen LogP) is 3.84. The van der Waals surface area contributed by atoms with Crippen LogP contribution in [0.15, 0.2) is 23.3 Å². The van der Waals surface area contributed by atoms with E-state index in [-0.39, 0.29) is 0 Å². The second kappa shape index (κ2) is 4.38. The van der Waals surface area contributed by atoms with E-state index in [4.69, 9.17) is 0 Å². The first-order valence-electron chi connectivity index (χ1n) is 4.69. The maximum absolute atomic E-state index is 2.32. The fourth-order valence-electron chi connectivity index (χ4n) is 1.29. The van der Waals surface area contributed by atoms with Crippen LogP contribution in [-0.2, 0) is 0 Å². The van der Waals surface area contributed by atoms with E-state index in [0.717, 1.165) is 0 Å². The van der Waals surface area contributed by atoms with E-state index < -0.39 is 0 Å². The monoisotopic (exact) mass is 150 g/mol. The highest BCUT2D eigenvalue weighted by molar-refractivity contribution is 5.32. The molecule has 0 atom stereocenters. The van der Waals surface area contributed by atoms with Gasteiger partial charge in [0.2, 0.25) is 0 Å². The molecule has 0 heteroatoms. The van der Waals surface area contributed by atoms with Gasteiger partial charge in [-0.05, 0) is 31.8 Å². The van der Waals surface area contributed by atoms with Crippen molar-refractivity contribution >= 4 is 0 Å². The summed E-state index contributed by atoms with van der Waals surface area (Å²) in [5.41, 5.74) is 3.18. The molecular weight excluding hydrogens is 132 g/mol. The number of unbranched alkanes of at least 4 members (excludes halogenated alkanes) is 2. The molecule has 0 saturated heterocycles. The van der Waals surface area contributed by atoms with Gasteiger partial charge in [-0.3, -0.25) is 0 Å². The first kappa shape index (κ1) is 8.58. The Morgan fingerprint density at radius 2 is 2.18 bits per heavy atom. The summed E-state index contributed by atoms with van der Waals surface area (Å²) in [7, 11) is 0. The normalized spacial score (nSPS) is 17.6. The third-order valence-electron chi connectivity index (χ3n) is 2.36. The van der Waals surface area contributed by atoms with Crippen molar-refractivity contribution in [3.63, 3.8) is 0 Å². The minimum absolute atomic E-state index is 1.26. The lowest BCUT2D eigenvalue weighted by atomic mass is 9.89. The number of hydrogen-bond donors (Lipinski definition) is 0. The maximum Gasteiger partial charge on any atom is -0.0242 e. The molecule has 0 saturated carbocycles. The number of rotatable bonds is 4. The molecule has 0 aromatic carbocycles. The van der Waals surface area contributed by atoms with E-state index in [2.05, 4.69) is 26.0 Å². The molecule has 62 valence electrons. The summed E-state index contributed by atoms with van der Waals surface area (Å²) in [4.78, 5) is 0. The van der Waals surface area contributed by atoms with Gasteiger partial charge in [0.05, 0.1) is 0 Å². The van der Waals surface area contributed by atoms with Crippen LogP contribution in [0.3, 0.4) is 0 Å². The summed E-state index contributed by atoms with van der Waals surface area (Å²) in [6.07, 6.45) is 11.2. The summed E-state index contributed by atoms with van der Waals surface area (Å²) >= 11 is 0. The number of hydrogen-bond acceptors (Lipinski definition) is 0. The van der Waals surface area contributed by atoms with Crippen molar-refractivity contribution in [1.82, 2.24) is 0 Å². The summed E-state index contributed by atoms with van der Waals surface area (Å²) in [6, 6.07) is 0. The second-order valence-corrected chi connectivity index (χ2v) is 3.35. The van der Waals surface area contributed by atoms with Gasteiger partial charge in [-0.15, -0.1) is 0 Å². The first-order chi connectivity index (χ1) is 5.34. The Bertz CT molecular complexity index is 172. The highest BCUT2D eigenvalue weighted by Gasteiger charge is 2.08. The van der Waals surface area contributed by atoms with Gasteiger partial charge in [-0.25, -0.2) is 0 Å². The molecule has 0 aromatic heterocycles. The van der Waals surface area contributed by atoms with Crippen molar-refractivity contribution < 1.29 is 0 Å². The van der Waals surface area contributed by atoms with Crippen LogP contribution >= 0.6 is 0 Å². The molecule has 1 aliphatic rings. The Morgan fingerprint density at radius 3 is 2.64 bits per heavy atom. The fraction of sp³-hybridized carbons (Fsp3) is 0.636. The Labute approximate surface area is 70.0 Å². The molecule has 0 amide bonds. The van der Waals surface area contributed by atoms with Crippen LogP contribution in [0.25, 0.3) is 0 Å². The molecule has 0 aromatic rings. The van der Waals surface area contributed by atoms with Gasteiger partial charge in [0, 0.05) is 0 Å². The standard InChI is InChI=1S/C11H18/c1-3-4-5-6-7-11-9-8-10(11)2/h6-7H,3-5,8-9H2,1-2H3/b7-6+. The Hall–Kier alpha value is -0.520. The maximum atomic E-state index is 2.32. The zero-order chi connectivity index (χ0) is 8.10. The van der Waals surface area contributed by atoms with Crippen molar-refractivity contribution in [2.24, 2.45) is 0 Å². The zero-order valence-corrected chi connectivity index (χ0v) is 7.69. The molecule has 1 rings (SSSR count). The summed E-state index contributed by atoms with van der Waals surface area (Å²) in [5.74, 6) is 0. The SMILES string of the molecule is CCCC/C=C/C1=C(C)CC1. The van der Waals surface area contributed by atoms with Gasteiger partial charge < -0.3 is 0 Å². The van der Waals surface area contributed by atoms with E-state index in [1.165, 1.54) is 32.1 Å². The topological polar surface area (TPSA) is 0 Å². The Balaban J connectivity index is 2.20. The molecule has 0 radical (unpaired) electrons. The van der Waals surface area contributed by atoms with Gasteiger partial charge in [0.15, 0.2) is 0 Å². The van der Waals surface area contributed by atoms with Crippen LogP contribution in [0.1, 0.15) is 46.0 Å². The zero-order valence-electron chi connectivity index (χ0n) is 7.69. The van der Waals surface area contributed by atoms with E-state index >= 15 is 0 Å². The van der Waals surface area contributed by atoms with E-state index in [1.807, 2.05) is 0 Å². The number of allylic oxidation sites excluding steroid dienone is 4. The molecule has 0 heterocycles. The molecule has 0 fully saturated rings. The van der Waals surface area contributed by atoms with Gasteiger partial charge in [-0.2, -0.15) is 0 Å². The minimum atomic E-state index is 1.26. The highest BCUT2D eigenvalue weighted by atomic mass is 14.1. The van der Waals surface area contributed by atoms with Crippen LogP contribution in [0.5, 0.6) is 0 Å². The smallest absolute Gasteiger partial charge is 0.0242 e. The van der Waals surface area contributed by atoms with Crippen molar-refractivity contribution in [3.05, 3.63) is 23.3 Å². The average molecular weight is 150 g/mol. The molecular formula is C11H18. The minimum Gasteiger partial charge on any atom is -0.0843 e. The lowest BCUT2D eigenvalue weighted by Gasteiger charge is -2.16. The van der Waals surface area contributed by atoms with Crippen LogP contribution in [0.2, 0.25) is 0 Å². The average Bonchev–Trinajstić information content (AvgIpc) is 2.02. The molecule has 0 bridgehead atoms. The molecule has 0 N–H and O–H groups in total. The van der Waals surface area contributed by atoms with Gasteiger partial charge in [-0.1, -0.05) is 37.5 Å². The lowest BCUT2D eigenvalue weighted by Crippen LogP contribution is -1.97. The van der Waals surface area contributed by atoms with Crippen LogP contribution in [-0.4, -0.2) is 0 Å². The van der Waals surface area contributed by atoms with Gasteiger partial charge in [0.1, 0.15) is 0 Å². The van der Waals surface area contributed by atoms with Crippen molar-refractivity contribution in [1.29, 1.82) is 0 Å². The molecule has 0 nitrogen and oxygen atoms in total. The molecule has 0 unspecified atom stereocenters. The second-order valence-electron chi connectivity index (χ2n) is 3.35.